The van der Waals surface area contributed by atoms with Crippen LogP contribution in [0.4, 0.5) is 5.95 Å². The lowest BCUT2D eigenvalue weighted by atomic mass is 10.1. The summed E-state index contributed by atoms with van der Waals surface area (Å²) in [6.45, 7) is 5.48. The van der Waals surface area contributed by atoms with Gasteiger partial charge in [0.2, 0.25) is 5.95 Å². The number of aromatic nitrogens is 2. The lowest BCUT2D eigenvalue weighted by molar-refractivity contribution is 0.234. The molecular weight excluding hydrogens is 324 g/mol. The first-order valence-electron chi connectivity index (χ1n) is 9.33. The molecule has 5 heteroatoms. The molecule has 2 heterocycles. The smallest absolute Gasteiger partial charge is 0.225 e. The molecule has 138 valence electrons. The van der Waals surface area contributed by atoms with Crippen molar-refractivity contribution in [3.63, 3.8) is 0 Å². The van der Waals surface area contributed by atoms with E-state index in [2.05, 4.69) is 26.7 Å². The first-order chi connectivity index (χ1) is 12.6. The highest BCUT2D eigenvalue weighted by Gasteiger charge is 2.11. The summed E-state index contributed by atoms with van der Waals surface area (Å²) in [5.41, 5.74) is 2.74. The predicted molar refractivity (Wildman–Crippen MR) is 107 cm³/mol. The number of rotatable bonds is 4. The summed E-state index contributed by atoms with van der Waals surface area (Å²) in [6, 6.07) is 4.02. The first kappa shape index (κ1) is 18.5. The second-order valence-corrected chi connectivity index (χ2v) is 7.03. The molecule has 1 aromatic carbocycles. The van der Waals surface area contributed by atoms with Crippen LogP contribution in [0.25, 0.3) is 10.9 Å². The highest BCUT2D eigenvalue weighted by atomic mass is 16.5. The van der Waals surface area contributed by atoms with Crippen molar-refractivity contribution in [3.8, 4) is 17.6 Å². The van der Waals surface area contributed by atoms with Crippen LogP contribution in [0.15, 0.2) is 12.1 Å². The molecule has 2 aromatic rings. The summed E-state index contributed by atoms with van der Waals surface area (Å²) in [6.07, 6.45) is 4.89. The molecule has 0 atom stereocenters. The molecular formula is C21H28N4O. The zero-order valence-electron chi connectivity index (χ0n) is 16.3. The Morgan fingerprint density at radius 3 is 2.62 bits per heavy atom. The highest BCUT2D eigenvalue weighted by molar-refractivity contribution is 5.85. The number of anilines is 1. The van der Waals surface area contributed by atoms with E-state index in [1.165, 1.54) is 32.4 Å². The molecule has 1 aromatic heterocycles. The summed E-state index contributed by atoms with van der Waals surface area (Å²) >= 11 is 0. The second-order valence-electron chi connectivity index (χ2n) is 7.03. The van der Waals surface area contributed by atoms with Crippen LogP contribution in [0.1, 0.15) is 36.9 Å². The molecule has 3 rings (SSSR count). The van der Waals surface area contributed by atoms with E-state index in [1.54, 1.807) is 7.11 Å². The number of benzene rings is 1. The predicted octanol–water partition coefficient (Wildman–Crippen LogP) is 3.24. The van der Waals surface area contributed by atoms with E-state index in [-0.39, 0.29) is 0 Å². The maximum atomic E-state index is 5.55. The van der Waals surface area contributed by atoms with Gasteiger partial charge in [-0.3, -0.25) is 0 Å². The normalized spacial score (nSPS) is 14.8. The largest absolute Gasteiger partial charge is 0.495 e. The molecule has 0 amide bonds. The number of fused-ring (bicyclic) bond motifs is 1. The Labute approximate surface area is 156 Å². The van der Waals surface area contributed by atoms with E-state index < -0.39 is 0 Å². The van der Waals surface area contributed by atoms with Crippen LogP contribution < -0.4 is 9.64 Å². The van der Waals surface area contributed by atoms with Gasteiger partial charge < -0.3 is 14.5 Å². The lowest BCUT2D eigenvalue weighted by Gasteiger charge is -2.25. The minimum atomic E-state index is 0.712. The summed E-state index contributed by atoms with van der Waals surface area (Å²) in [5.74, 6) is 8.10. The van der Waals surface area contributed by atoms with Gasteiger partial charge in [0.1, 0.15) is 5.75 Å². The molecule has 0 radical (unpaired) electrons. The Kier molecular flexibility index (Phi) is 5.95. The van der Waals surface area contributed by atoms with Crippen LogP contribution in [0, 0.1) is 18.8 Å². The fourth-order valence-electron chi connectivity index (χ4n) is 3.31. The molecule has 26 heavy (non-hydrogen) atoms. The molecule has 1 aliphatic heterocycles. The minimum Gasteiger partial charge on any atom is -0.495 e. The van der Waals surface area contributed by atoms with E-state index in [0.717, 1.165) is 40.9 Å². The SMILES string of the molecule is COc1cc2c(C)nc(N(C)C)nc2cc1C#CCCN1CCCCC1. The summed E-state index contributed by atoms with van der Waals surface area (Å²) < 4.78 is 5.55. The van der Waals surface area contributed by atoms with Crippen molar-refractivity contribution in [1.29, 1.82) is 0 Å². The van der Waals surface area contributed by atoms with Crippen molar-refractivity contribution in [2.45, 2.75) is 32.6 Å². The van der Waals surface area contributed by atoms with Crippen molar-refractivity contribution in [2.24, 2.45) is 0 Å². The standard InChI is InChI=1S/C21H28N4O/c1-16-18-15-20(26-4)17(14-19(18)23-21(22-16)24(2)3)10-6-9-13-25-11-7-5-8-12-25/h14-15H,5,7-9,11-13H2,1-4H3. The van der Waals surface area contributed by atoms with Gasteiger partial charge in [0.15, 0.2) is 0 Å². The Hall–Kier alpha value is -2.32. The molecule has 0 aliphatic carbocycles. The quantitative estimate of drug-likeness (QED) is 0.790. The average Bonchev–Trinajstić information content (AvgIpc) is 2.65. The summed E-state index contributed by atoms with van der Waals surface area (Å²) in [4.78, 5) is 13.6. The van der Waals surface area contributed by atoms with Crippen LogP contribution in [-0.2, 0) is 0 Å². The number of aryl methyl sites for hydroxylation is 1. The monoisotopic (exact) mass is 352 g/mol. The van der Waals surface area contributed by atoms with E-state index in [4.69, 9.17) is 4.74 Å². The molecule has 0 saturated carbocycles. The molecule has 0 unspecified atom stereocenters. The van der Waals surface area contributed by atoms with Crippen LogP contribution >= 0.6 is 0 Å². The number of methoxy groups -OCH3 is 1. The Bertz CT molecular complexity index is 829. The lowest BCUT2D eigenvalue weighted by Crippen LogP contribution is -2.30. The van der Waals surface area contributed by atoms with Crippen LogP contribution in [0.5, 0.6) is 5.75 Å². The minimum absolute atomic E-state index is 0.712. The third-order valence-electron chi connectivity index (χ3n) is 4.82. The topological polar surface area (TPSA) is 41.5 Å². The maximum Gasteiger partial charge on any atom is 0.225 e. The molecule has 1 aliphatic rings. The highest BCUT2D eigenvalue weighted by Crippen LogP contribution is 2.27. The van der Waals surface area contributed by atoms with Crippen molar-refractivity contribution in [3.05, 3.63) is 23.4 Å². The molecule has 5 nitrogen and oxygen atoms in total. The van der Waals surface area contributed by atoms with Gasteiger partial charge >= 0.3 is 0 Å². The van der Waals surface area contributed by atoms with Crippen molar-refractivity contribution < 1.29 is 4.74 Å². The maximum absolute atomic E-state index is 5.55. The van der Waals surface area contributed by atoms with Crippen molar-refractivity contribution >= 4 is 16.9 Å². The van der Waals surface area contributed by atoms with E-state index in [9.17, 15) is 0 Å². The molecule has 1 saturated heterocycles. The van der Waals surface area contributed by atoms with Gasteiger partial charge in [-0.15, -0.1) is 0 Å². The Morgan fingerprint density at radius 1 is 1.15 bits per heavy atom. The number of likely N-dealkylation sites (tertiary alicyclic amines) is 1. The van der Waals surface area contributed by atoms with Crippen molar-refractivity contribution in [2.75, 3.05) is 45.7 Å². The number of nitrogens with zero attached hydrogens (tertiary/aromatic N) is 4. The summed E-state index contributed by atoms with van der Waals surface area (Å²) in [5, 5.41) is 1.01. The second kappa shape index (κ2) is 8.37. The summed E-state index contributed by atoms with van der Waals surface area (Å²) in [7, 11) is 5.58. The van der Waals surface area contributed by atoms with E-state index in [0.29, 0.717) is 5.95 Å². The molecule has 1 fully saturated rings. The van der Waals surface area contributed by atoms with Gasteiger partial charge in [-0.05, 0) is 45.0 Å². The average molecular weight is 352 g/mol. The van der Waals surface area contributed by atoms with Gasteiger partial charge in [0, 0.05) is 32.4 Å². The molecule has 0 bridgehead atoms. The zero-order valence-corrected chi connectivity index (χ0v) is 16.3. The number of hydrogen-bond donors (Lipinski definition) is 0. The number of ether oxygens (including phenoxy) is 1. The third kappa shape index (κ3) is 4.25. The number of piperidine rings is 1. The van der Waals surface area contributed by atoms with Crippen LogP contribution in [0.2, 0.25) is 0 Å². The van der Waals surface area contributed by atoms with Gasteiger partial charge in [-0.25, -0.2) is 9.97 Å². The van der Waals surface area contributed by atoms with Gasteiger partial charge in [0.25, 0.3) is 0 Å². The van der Waals surface area contributed by atoms with E-state index >= 15 is 0 Å². The van der Waals surface area contributed by atoms with E-state index in [1.807, 2.05) is 38.1 Å². The van der Waals surface area contributed by atoms with Crippen LogP contribution in [0.3, 0.4) is 0 Å². The Morgan fingerprint density at radius 2 is 1.92 bits per heavy atom. The fourth-order valence-corrected chi connectivity index (χ4v) is 3.31. The first-order valence-corrected chi connectivity index (χ1v) is 9.33. The fraction of sp³-hybridized carbons (Fsp3) is 0.524. The Balaban J connectivity index is 1.83. The van der Waals surface area contributed by atoms with Gasteiger partial charge in [-0.1, -0.05) is 18.3 Å². The van der Waals surface area contributed by atoms with Crippen LogP contribution in [-0.4, -0.2) is 55.7 Å². The number of hydrogen-bond acceptors (Lipinski definition) is 5. The molecule has 0 spiro atoms. The molecule has 0 N–H and O–H groups in total. The van der Waals surface area contributed by atoms with Crippen molar-refractivity contribution in [1.82, 2.24) is 14.9 Å². The van der Waals surface area contributed by atoms with Gasteiger partial charge in [-0.2, -0.15) is 0 Å². The zero-order chi connectivity index (χ0) is 18.5. The third-order valence-corrected chi connectivity index (χ3v) is 4.82. The van der Waals surface area contributed by atoms with Gasteiger partial charge in [0.05, 0.1) is 23.9 Å².